The molecule has 0 saturated carbocycles. The summed E-state index contributed by atoms with van der Waals surface area (Å²) in [4.78, 5) is 6.89. The summed E-state index contributed by atoms with van der Waals surface area (Å²) < 4.78 is 37.1. The molecule has 0 unspecified atom stereocenters. The normalized spacial score (nSPS) is 13.7. The predicted octanol–water partition coefficient (Wildman–Crippen LogP) is 3.62. The van der Waals surface area contributed by atoms with Gasteiger partial charge in [0, 0.05) is 38.1 Å². The summed E-state index contributed by atoms with van der Waals surface area (Å²) in [6, 6.07) is 12.5. The number of anilines is 1. The van der Waals surface area contributed by atoms with E-state index in [9.17, 15) is 12.8 Å². The van der Waals surface area contributed by atoms with Crippen molar-refractivity contribution < 1.29 is 12.8 Å². The quantitative estimate of drug-likeness (QED) is 0.219. The minimum atomic E-state index is -3.22. The molecular formula is C23H30FIN4O2S. The molecule has 2 N–H and O–H groups in total. The third kappa shape index (κ3) is 8.09. The van der Waals surface area contributed by atoms with Crippen LogP contribution in [-0.2, 0) is 28.7 Å². The minimum absolute atomic E-state index is 0. The zero-order valence-electron chi connectivity index (χ0n) is 18.3. The van der Waals surface area contributed by atoms with Gasteiger partial charge in [-0.25, -0.2) is 17.8 Å². The molecule has 0 radical (unpaired) electrons. The highest BCUT2D eigenvalue weighted by Gasteiger charge is 2.11. The van der Waals surface area contributed by atoms with Crippen LogP contribution in [0.1, 0.15) is 23.6 Å². The third-order valence-electron chi connectivity index (χ3n) is 4.92. The number of nitrogens with zero attached hydrogens (tertiary/aromatic N) is 2. The van der Waals surface area contributed by atoms with E-state index in [1.807, 2.05) is 6.92 Å². The number of guanidine groups is 1. The van der Waals surface area contributed by atoms with Crippen molar-refractivity contribution in [1.29, 1.82) is 0 Å². The Morgan fingerprint density at radius 1 is 1.06 bits per heavy atom. The van der Waals surface area contributed by atoms with Crippen molar-refractivity contribution in [3.63, 3.8) is 0 Å². The lowest BCUT2D eigenvalue weighted by atomic mass is 10.1. The lowest BCUT2D eigenvalue weighted by molar-refractivity contribution is 0.599. The summed E-state index contributed by atoms with van der Waals surface area (Å²) >= 11 is 0. The highest BCUT2D eigenvalue weighted by atomic mass is 127. The maximum absolute atomic E-state index is 13.7. The van der Waals surface area contributed by atoms with Crippen molar-refractivity contribution in [3.05, 3.63) is 77.1 Å². The van der Waals surface area contributed by atoms with Crippen molar-refractivity contribution in [2.24, 2.45) is 4.99 Å². The molecule has 0 spiro atoms. The average molecular weight is 572 g/mol. The second-order valence-corrected chi connectivity index (χ2v) is 9.71. The lowest BCUT2D eigenvalue weighted by Crippen LogP contribution is -2.37. The number of halogens is 2. The predicted molar refractivity (Wildman–Crippen MR) is 140 cm³/mol. The highest BCUT2D eigenvalue weighted by molar-refractivity contribution is 14.0. The summed E-state index contributed by atoms with van der Waals surface area (Å²) in [5.41, 5.74) is 3.45. The van der Waals surface area contributed by atoms with Crippen LogP contribution >= 0.6 is 24.0 Å². The fourth-order valence-corrected chi connectivity index (χ4v) is 4.22. The van der Waals surface area contributed by atoms with Crippen LogP contribution in [0.5, 0.6) is 0 Å². The first-order valence-corrected chi connectivity index (χ1v) is 12.4. The summed E-state index contributed by atoms with van der Waals surface area (Å²) in [6.07, 6.45) is 5.49. The van der Waals surface area contributed by atoms with E-state index in [1.165, 1.54) is 30.1 Å². The Morgan fingerprint density at radius 2 is 1.75 bits per heavy atom. The molecule has 2 aromatic carbocycles. The Balaban J connectivity index is 0.00000363. The van der Waals surface area contributed by atoms with Crippen molar-refractivity contribution >= 4 is 45.5 Å². The third-order valence-corrected chi connectivity index (χ3v) is 5.75. The molecule has 6 nitrogen and oxygen atoms in total. The molecule has 174 valence electrons. The second-order valence-electron chi connectivity index (χ2n) is 7.57. The van der Waals surface area contributed by atoms with E-state index in [0.717, 1.165) is 18.7 Å². The van der Waals surface area contributed by atoms with E-state index < -0.39 is 15.7 Å². The molecule has 0 atom stereocenters. The summed E-state index contributed by atoms with van der Waals surface area (Å²) in [7, 11) is -3.22. The molecule has 0 aliphatic carbocycles. The number of hydrogen-bond donors (Lipinski definition) is 2. The van der Waals surface area contributed by atoms with E-state index in [4.69, 9.17) is 0 Å². The van der Waals surface area contributed by atoms with E-state index in [2.05, 4.69) is 56.9 Å². The van der Waals surface area contributed by atoms with Crippen LogP contribution in [-0.4, -0.2) is 40.3 Å². The van der Waals surface area contributed by atoms with Gasteiger partial charge in [-0.05, 0) is 47.9 Å². The van der Waals surface area contributed by atoms with Gasteiger partial charge in [-0.1, -0.05) is 30.4 Å². The standard InChI is InChI=1S/C23H29FN4O2S.HI/c1-3-25-23(26-15-18-6-10-22(11-7-18)28-12-4-5-13-28)27-16-20-14-21(24)9-8-19(20)17-31(2,29)30;/h4-11,14H,3,12-13,15-17H2,1-2H3,(H2,25,26,27);1H. The molecule has 2 aromatic rings. The van der Waals surface area contributed by atoms with Crippen molar-refractivity contribution in [2.45, 2.75) is 25.8 Å². The van der Waals surface area contributed by atoms with Crippen LogP contribution in [0.2, 0.25) is 0 Å². The topological polar surface area (TPSA) is 73.8 Å². The summed E-state index contributed by atoms with van der Waals surface area (Å²) in [5, 5.41) is 6.35. The summed E-state index contributed by atoms with van der Waals surface area (Å²) in [6.45, 7) is 5.28. The molecule has 1 aliphatic rings. The Bertz CT molecular complexity index is 1050. The van der Waals surface area contributed by atoms with Crippen LogP contribution in [0.4, 0.5) is 10.1 Å². The molecule has 0 amide bonds. The van der Waals surface area contributed by atoms with Gasteiger partial charge in [-0.15, -0.1) is 24.0 Å². The van der Waals surface area contributed by atoms with Crippen LogP contribution in [0.15, 0.2) is 59.6 Å². The lowest BCUT2D eigenvalue weighted by Gasteiger charge is -2.17. The van der Waals surface area contributed by atoms with Crippen molar-refractivity contribution in [2.75, 3.05) is 30.8 Å². The van der Waals surface area contributed by atoms with Crippen LogP contribution in [0.3, 0.4) is 0 Å². The SMILES string of the molecule is CCNC(=NCc1ccc(N2CC=CC2)cc1)NCc1cc(F)ccc1CS(C)(=O)=O.I. The number of hydrogen-bond acceptors (Lipinski definition) is 4. The number of rotatable bonds is 8. The molecular weight excluding hydrogens is 542 g/mol. The van der Waals surface area contributed by atoms with Gasteiger partial charge >= 0.3 is 0 Å². The number of nitrogens with one attached hydrogen (secondary N) is 2. The Kier molecular flexibility index (Phi) is 9.95. The maximum atomic E-state index is 13.7. The molecule has 3 rings (SSSR count). The molecule has 0 saturated heterocycles. The molecule has 0 aromatic heterocycles. The number of aliphatic imine (C=N–C) groups is 1. The Morgan fingerprint density at radius 3 is 2.38 bits per heavy atom. The van der Waals surface area contributed by atoms with Gasteiger partial charge in [0.2, 0.25) is 0 Å². The fourth-order valence-electron chi connectivity index (χ4n) is 3.37. The Hall–Kier alpha value is -2.14. The van der Waals surface area contributed by atoms with E-state index in [-0.39, 0.29) is 36.3 Å². The largest absolute Gasteiger partial charge is 0.364 e. The van der Waals surface area contributed by atoms with Crippen LogP contribution < -0.4 is 15.5 Å². The average Bonchev–Trinajstić information content (AvgIpc) is 3.26. The molecule has 0 fully saturated rings. The molecule has 9 heteroatoms. The van der Waals surface area contributed by atoms with Gasteiger partial charge in [0.25, 0.3) is 0 Å². The number of sulfone groups is 1. The highest BCUT2D eigenvalue weighted by Crippen LogP contribution is 2.18. The van der Waals surface area contributed by atoms with Gasteiger partial charge in [-0.3, -0.25) is 0 Å². The zero-order chi connectivity index (χ0) is 22.3. The minimum Gasteiger partial charge on any atom is -0.364 e. The van der Waals surface area contributed by atoms with Crippen molar-refractivity contribution in [3.8, 4) is 0 Å². The van der Waals surface area contributed by atoms with E-state index in [0.29, 0.717) is 30.2 Å². The molecule has 1 aliphatic heterocycles. The maximum Gasteiger partial charge on any atom is 0.191 e. The second kappa shape index (κ2) is 12.2. The Labute approximate surface area is 206 Å². The molecule has 0 bridgehead atoms. The van der Waals surface area contributed by atoms with Gasteiger partial charge in [0.15, 0.2) is 15.8 Å². The zero-order valence-corrected chi connectivity index (χ0v) is 21.5. The van der Waals surface area contributed by atoms with Crippen molar-refractivity contribution in [1.82, 2.24) is 10.6 Å². The first-order valence-electron chi connectivity index (χ1n) is 10.3. The van der Waals surface area contributed by atoms with E-state index >= 15 is 0 Å². The van der Waals surface area contributed by atoms with Crippen LogP contribution in [0, 0.1) is 5.82 Å². The number of benzene rings is 2. The summed E-state index contributed by atoms with van der Waals surface area (Å²) in [5.74, 6) is 0.0609. The molecule has 1 heterocycles. The first kappa shape index (κ1) is 26.1. The van der Waals surface area contributed by atoms with Gasteiger partial charge in [-0.2, -0.15) is 0 Å². The van der Waals surface area contributed by atoms with Gasteiger partial charge < -0.3 is 15.5 Å². The molecule has 32 heavy (non-hydrogen) atoms. The first-order chi connectivity index (χ1) is 14.8. The van der Waals surface area contributed by atoms with Gasteiger partial charge in [0.1, 0.15) is 5.82 Å². The smallest absolute Gasteiger partial charge is 0.191 e. The monoisotopic (exact) mass is 572 g/mol. The van der Waals surface area contributed by atoms with Gasteiger partial charge in [0.05, 0.1) is 12.3 Å². The fraction of sp³-hybridized carbons (Fsp3) is 0.348. The van der Waals surface area contributed by atoms with E-state index in [1.54, 1.807) is 0 Å². The van der Waals surface area contributed by atoms with Crippen LogP contribution in [0.25, 0.3) is 0 Å².